The largest absolute Gasteiger partial charge is 0.380 e. The van der Waals surface area contributed by atoms with Crippen molar-refractivity contribution < 1.29 is 4.74 Å². The second-order valence-electron chi connectivity index (χ2n) is 4.32. The van der Waals surface area contributed by atoms with Gasteiger partial charge in [-0.2, -0.15) is 0 Å². The van der Waals surface area contributed by atoms with Gasteiger partial charge < -0.3 is 10.1 Å². The number of halogens is 1. The van der Waals surface area contributed by atoms with E-state index in [9.17, 15) is 0 Å². The number of ether oxygens (including phenoxy) is 1. The van der Waals surface area contributed by atoms with Gasteiger partial charge in [-0.3, -0.25) is 0 Å². The molecule has 3 heteroatoms. The molecule has 2 atom stereocenters. The summed E-state index contributed by atoms with van der Waals surface area (Å²) in [5, 5.41) is 3.58. The maximum atomic E-state index is 5.46. The highest BCUT2D eigenvalue weighted by Gasteiger charge is 2.26. The summed E-state index contributed by atoms with van der Waals surface area (Å²) in [6.07, 6.45) is 4.09. The molecule has 2 nitrogen and oxygen atoms in total. The molecule has 1 saturated carbocycles. The lowest BCUT2D eigenvalue weighted by molar-refractivity contribution is 0.0847. The number of nitrogens with one attached hydrogen (secondary N) is 1. The summed E-state index contributed by atoms with van der Waals surface area (Å²) in [6.45, 7) is 0.928. The Hall–Kier alpha value is -0.380. The van der Waals surface area contributed by atoms with E-state index >= 15 is 0 Å². The smallest absolute Gasteiger partial charge is 0.0724 e. The Labute approximate surface area is 106 Å². The minimum absolute atomic E-state index is 0.399. The SMILES string of the molecule is COC1CCCC1NCc1ccc(Br)cc1. The van der Waals surface area contributed by atoms with Crippen molar-refractivity contribution in [2.24, 2.45) is 0 Å². The third-order valence-electron chi connectivity index (χ3n) is 3.24. The normalized spacial score (nSPS) is 24.9. The van der Waals surface area contributed by atoms with Crippen LogP contribution in [0.2, 0.25) is 0 Å². The van der Waals surface area contributed by atoms with E-state index in [1.54, 1.807) is 0 Å². The molecular weight excluding hydrogens is 266 g/mol. The van der Waals surface area contributed by atoms with Crippen molar-refractivity contribution in [3.8, 4) is 0 Å². The van der Waals surface area contributed by atoms with Crippen molar-refractivity contribution in [3.05, 3.63) is 34.3 Å². The molecule has 1 aliphatic rings. The number of benzene rings is 1. The van der Waals surface area contributed by atoms with Gasteiger partial charge in [0.05, 0.1) is 6.10 Å². The highest BCUT2D eigenvalue weighted by molar-refractivity contribution is 9.10. The van der Waals surface area contributed by atoms with Crippen LogP contribution in [0.5, 0.6) is 0 Å². The molecule has 1 N–H and O–H groups in total. The first-order chi connectivity index (χ1) is 7.79. The lowest BCUT2D eigenvalue weighted by atomic mass is 10.2. The number of hydrogen-bond donors (Lipinski definition) is 1. The molecule has 0 aromatic heterocycles. The molecule has 1 aromatic rings. The maximum Gasteiger partial charge on any atom is 0.0724 e. The van der Waals surface area contributed by atoms with Crippen molar-refractivity contribution in [1.82, 2.24) is 5.32 Å². The Morgan fingerprint density at radius 1 is 1.31 bits per heavy atom. The van der Waals surface area contributed by atoms with E-state index in [2.05, 4.69) is 45.5 Å². The molecule has 88 valence electrons. The first-order valence-electron chi connectivity index (χ1n) is 5.80. The summed E-state index contributed by atoms with van der Waals surface area (Å²) in [7, 11) is 1.81. The fourth-order valence-corrected chi connectivity index (χ4v) is 2.56. The molecule has 1 aliphatic carbocycles. The number of hydrogen-bond acceptors (Lipinski definition) is 2. The van der Waals surface area contributed by atoms with Crippen LogP contribution in [0.4, 0.5) is 0 Å². The van der Waals surface area contributed by atoms with Gasteiger partial charge in [0, 0.05) is 24.2 Å². The molecule has 0 radical (unpaired) electrons. The first-order valence-corrected chi connectivity index (χ1v) is 6.59. The molecule has 2 rings (SSSR count). The van der Waals surface area contributed by atoms with Gasteiger partial charge in [-0.05, 0) is 37.0 Å². The average molecular weight is 284 g/mol. The van der Waals surface area contributed by atoms with Gasteiger partial charge in [0.1, 0.15) is 0 Å². The summed E-state index contributed by atoms with van der Waals surface area (Å²) >= 11 is 3.44. The Balaban J connectivity index is 1.85. The molecule has 1 fully saturated rings. The number of methoxy groups -OCH3 is 1. The second kappa shape index (κ2) is 5.80. The van der Waals surface area contributed by atoms with Crippen molar-refractivity contribution >= 4 is 15.9 Å². The maximum absolute atomic E-state index is 5.46. The fourth-order valence-electron chi connectivity index (χ4n) is 2.29. The topological polar surface area (TPSA) is 21.3 Å². The van der Waals surface area contributed by atoms with Gasteiger partial charge in [0.2, 0.25) is 0 Å². The quantitative estimate of drug-likeness (QED) is 0.917. The number of rotatable bonds is 4. The third kappa shape index (κ3) is 3.06. The van der Waals surface area contributed by atoms with E-state index in [4.69, 9.17) is 4.74 Å². The minimum atomic E-state index is 0.399. The van der Waals surface area contributed by atoms with Crippen molar-refractivity contribution in [3.63, 3.8) is 0 Å². The Bertz CT molecular complexity index is 325. The fraction of sp³-hybridized carbons (Fsp3) is 0.538. The van der Waals surface area contributed by atoms with Crippen molar-refractivity contribution in [1.29, 1.82) is 0 Å². The van der Waals surface area contributed by atoms with Crippen molar-refractivity contribution in [2.45, 2.75) is 38.0 Å². The predicted octanol–water partition coefficient (Wildman–Crippen LogP) is 3.11. The molecule has 16 heavy (non-hydrogen) atoms. The first kappa shape index (κ1) is 12.1. The predicted molar refractivity (Wildman–Crippen MR) is 69.4 cm³/mol. The van der Waals surface area contributed by atoms with Crippen LogP contribution in [0.3, 0.4) is 0 Å². The van der Waals surface area contributed by atoms with Crippen LogP contribution in [0.1, 0.15) is 24.8 Å². The van der Waals surface area contributed by atoms with Gasteiger partial charge >= 0.3 is 0 Å². The summed E-state index contributed by atoms with van der Waals surface area (Å²) in [6, 6.07) is 8.98. The van der Waals surface area contributed by atoms with E-state index in [0.29, 0.717) is 12.1 Å². The van der Waals surface area contributed by atoms with Crippen LogP contribution in [0.15, 0.2) is 28.7 Å². The van der Waals surface area contributed by atoms with Gasteiger partial charge in [0.25, 0.3) is 0 Å². The molecule has 2 unspecified atom stereocenters. The molecular formula is C13H18BrNO. The van der Waals surface area contributed by atoms with Crippen LogP contribution in [0.25, 0.3) is 0 Å². The molecule has 0 aliphatic heterocycles. The summed E-state index contributed by atoms with van der Waals surface area (Å²) in [5.41, 5.74) is 1.32. The molecule has 0 spiro atoms. The summed E-state index contributed by atoms with van der Waals surface area (Å²) in [5.74, 6) is 0. The van der Waals surface area contributed by atoms with Crippen LogP contribution in [0, 0.1) is 0 Å². The van der Waals surface area contributed by atoms with Crippen LogP contribution >= 0.6 is 15.9 Å². The van der Waals surface area contributed by atoms with Gasteiger partial charge in [-0.15, -0.1) is 0 Å². The van der Waals surface area contributed by atoms with E-state index in [-0.39, 0.29) is 0 Å². The average Bonchev–Trinajstić information content (AvgIpc) is 2.76. The van der Waals surface area contributed by atoms with Crippen LogP contribution < -0.4 is 5.32 Å². The zero-order valence-corrected chi connectivity index (χ0v) is 11.2. The zero-order chi connectivity index (χ0) is 11.4. The minimum Gasteiger partial charge on any atom is -0.380 e. The standard InChI is InChI=1S/C13H18BrNO/c1-16-13-4-2-3-12(13)15-9-10-5-7-11(14)8-6-10/h5-8,12-13,15H,2-4,9H2,1H3. The second-order valence-corrected chi connectivity index (χ2v) is 5.23. The Kier molecular flexibility index (Phi) is 4.38. The van der Waals surface area contributed by atoms with E-state index in [1.165, 1.54) is 24.8 Å². The van der Waals surface area contributed by atoms with Crippen molar-refractivity contribution in [2.75, 3.05) is 7.11 Å². The highest BCUT2D eigenvalue weighted by atomic mass is 79.9. The highest BCUT2D eigenvalue weighted by Crippen LogP contribution is 2.22. The van der Waals surface area contributed by atoms with Crippen LogP contribution in [-0.4, -0.2) is 19.3 Å². The van der Waals surface area contributed by atoms with Crippen LogP contribution in [-0.2, 0) is 11.3 Å². The molecule has 0 saturated heterocycles. The Morgan fingerprint density at radius 3 is 2.75 bits per heavy atom. The third-order valence-corrected chi connectivity index (χ3v) is 3.77. The van der Waals surface area contributed by atoms with Gasteiger partial charge in [-0.25, -0.2) is 0 Å². The van der Waals surface area contributed by atoms with E-state index in [0.717, 1.165) is 11.0 Å². The lowest BCUT2D eigenvalue weighted by Crippen LogP contribution is -2.36. The molecule has 0 heterocycles. The zero-order valence-electron chi connectivity index (χ0n) is 9.58. The Morgan fingerprint density at radius 2 is 2.06 bits per heavy atom. The lowest BCUT2D eigenvalue weighted by Gasteiger charge is -2.19. The molecule has 0 amide bonds. The summed E-state index contributed by atoms with van der Waals surface area (Å²) in [4.78, 5) is 0. The van der Waals surface area contributed by atoms with Gasteiger partial charge in [0.15, 0.2) is 0 Å². The summed E-state index contributed by atoms with van der Waals surface area (Å²) < 4.78 is 6.59. The van der Waals surface area contributed by atoms with Gasteiger partial charge in [-0.1, -0.05) is 28.1 Å². The van der Waals surface area contributed by atoms with E-state index in [1.807, 2.05) is 7.11 Å². The molecule has 0 bridgehead atoms. The monoisotopic (exact) mass is 283 g/mol. The van der Waals surface area contributed by atoms with E-state index < -0.39 is 0 Å². The molecule has 1 aromatic carbocycles.